The summed E-state index contributed by atoms with van der Waals surface area (Å²) in [5.74, 6) is 1.83. The summed E-state index contributed by atoms with van der Waals surface area (Å²) in [6.45, 7) is 7.59. The van der Waals surface area contributed by atoms with Gasteiger partial charge in [0.2, 0.25) is 11.8 Å². The normalized spacial score (nSPS) is 12.4. The maximum atomic E-state index is 14.1. The van der Waals surface area contributed by atoms with Gasteiger partial charge in [-0.15, -0.1) is 6.42 Å². The molecule has 3 aromatic rings. The Hall–Kier alpha value is -4.57. The third kappa shape index (κ3) is 8.74. The molecule has 0 saturated carbocycles. The van der Waals surface area contributed by atoms with E-state index in [1.54, 1.807) is 52.0 Å². The lowest BCUT2D eigenvalue weighted by molar-refractivity contribution is -0.142. The highest BCUT2D eigenvalue weighted by Gasteiger charge is 2.35. The van der Waals surface area contributed by atoms with E-state index in [-0.39, 0.29) is 18.9 Å². The average Bonchev–Trinajstić information content (AvgIpc) is 2.94. The van der Waals surface area contributed by atoms with Gasteiger partial charge in [-0.25, -0.2) is 4.79 Å². The van der Waals surface area contributed by atoms with Gasteiger partial charge in [0.15, 0.2) is 0 Å². The van der Waals surface area contributed by atoms with Crippen LogP contribution in [0.1, 0.15) is 56.0 Å². The van der Waals surface area contributed by atoms with E-state index in [1.165, 1.54) is 4.90 Å². The Kier molecular flexibility index (Phi) is 10.5. The third-order valence-electron chi connectivity index (χ3n) is 6.16. The maximum Gasteiger partial charge on any atom is 0.408 e. The first-order valence-corrected chi connectivity index (χ1v) is 13.3. The second-order valence-electron chi connectivity index (χ2n) is 10.4. The summed E-state index contributed by atoms with van der Waals surface area (Å²) in [4.78, 5) is 42.1. The Morgan fingerprint density at radius 1 is 0.900 bits per heavy atom. The SMILES string of the molecule is C#Cc1ccc(C(C(=O)NCc2ccccc2)N(CC)C(=O)C(Cc2ccccc2)NC(=O)OC(C)(C)C)cc1. The number of likely N-dealkylation sites (N-methyl/N-ethyl adjacent to an activating group) is 1. The second-order valence-corrected chi connectivity index (χ2v) is 10.4. The molecule has 0 bridgehead atoms. The minimum atomic E-state index is -0.966. The van der Waals surface area contributed by atoms with Crippen LogP contribution in [-0.4, -0.2) is 41.0 Å². The highest BCUT2D eigenvalue weighted by atomic mass is 16.6. The zero-order chi connectivity index (χ0) is 29.1. The van der Waals surface area contributed by atoms with Crippen molar-refractivity contribution in [3.8, 4) is 12.3 Å². The van der Waals surface area contributed by atoms with Crippen molar-refractivity contribution in [2.24, 2.45) is 0 Å². The van der Waals surface area contributed by atoms with Gasteiger partial charge >= 0.3 is 6.09 Å². The van der Waals surface area contributed by atoms with Crippen molar-refractivity contribution in [3.05, 3.63) is 107 Å². The lowest BCUT2D eigenvalue weighted by atomic mass is 9.99. The van der Waals surface area contributed by atoms with Crippen molar-refractivity contribution >= 4 is 17.9 Å². The molecular formula is C33H37N3O4. The van der Waals surface area contributed by atoms with Gasteiger partial charge in [-0.3, -0.25) is 9.59 Å². The van der Waals surface area contributed by atoms with Crippen LogP contribution in [0.2, 0.25) is 0 Å². The van der Waals surface area contributed by atoms with Gasteiger partial charge in [0.25, 0.3) is 0 Å². The number of nitrogens with zero attached hydrogens (tertiary/aromatic N) is 1. The van der Waals surface area contributed by atoms with Crippen LogP contribution in [-0.2, 0) is 27.3 Å². The lowest BCUT2D eigenvalue weighted by Crippen LogP contribution is -2.53. The molecule has 0 aromatic heterocycles. The monoisotopic (exact) mass is 539 g/mol. The summed E-state index contributed by atoms with van der Waals surface area (Å²) < 4.78 is 5.46. The topological polar surface area (TPSA) is 87.7 Å². The number of amides is 3. The number of hydrogen-bond donors (Lipinski definition) is 2. The van der Waals surface area contributed by atoms with Gasteiger partial charge in [-0.1, -0.05) is 78.7 Å². The highest BCUT2D eigenvalue weighted by Crippen LogP contribution is 2.24. The number of hydrogen-bond acceptors (Lipinski definition) is 4. The minimum Gasteiger partial charge on any atom is -0.444 e. The fourth-order valence-electron chi connectivity index (χ4n) is 4.28. The van der Waals surface area contributed by atoms with Crippen molar-refractivity contribution in [3.63, 3.8) is 0 Å². The summed E-state index contributed by atoms with van der Waals surface area (Å²) in [6.07, 6.45) is 5.06. The fourth-order valence-corrected chi connectivity index (χ4v) is 4.28. The average molecular weight is 540 g/mol. The Bertz CT molecular complexity index is 1310. The zero-order valence-corrected chi connectivity index (χ0v) is 23.5. The number of benzene rings is 3. The quantitative estimate of drug-likeness (QED) is 0.355. The molecule has 0 fully saturated rings. The van der Waals surface area contributed by atoms with E-state index in [0.29, 0.717) is 17.7 Å². The number of carbonyl (C=O) groups excluding carboxylic acids is 3. The molecule has 3 amide bonds. The summed E-state index contributed by atoms with van der Waals surface area (Å²) in [5, 5.41) is 5.72. The largest absolute Gasteiger partial charge is 0.444 e. The van der Waals surface area contributed by atoms with E-state index in [9.17, 15) is 14.4 Å². The fraction of sp³-hybridized carbons (Fsp3) is 0.303. The van der Waals surface area contributed by atoms with E-state index in [4.69, 9.17) is 11.2 Å². The van der Waals surface area contributed by atoms with Gasteiger partial charge in [0, 0.05) is 25.1 Å². The van der Waals surface area contributed by atoms with Gasteiger partial charge in [0.05, 0.1) is 0 Å². The van der Waals surface area contributed by atoms with Crippen LogP contribution in [0.15, 0.2) is 84.9 Å². The van der Waals surface area contributed by atoms with Crippen molar-refractivity contribution in [2.45, 2.75) is 58.3 Å². The maximum absolute atomic E-state index is 14.1. The number of terminal acetylenes is 1. The number of ether oxygens (including phenoxy) is 1. The summed E-state index contributed by atoms with van der Waals surface area (Å²) in [6, 6.07) is 24.0. The van der Waals surface area contributed by atoms with Crippen LogP contribution >= 0.6 is 0 Å². The van der Waals surface area contributed by atoms with Gasteiger partial charge in [-0.05, 0) is 56.5 Å². The van der Waals surface area contributed by atoms with Crippen LogP contribution < -0.4 is 10.6 Å². The Labute approximate surface area is 236 Å². The van der Waals surface area contributed by atoms with Crippen molar-refractivity contribution in [1.29, 1.82) is 0 Å². The van der Waals surface area contributed by atoms with E-state index >= 15 is 0 Å². The molecule has 0 radical (unpaired) electrons. The van der Waals surface area contributed by atoms with Gasteiger partial charge < -0.3 is 20.3 Å². The predicted octanol–water partition coefficient (Wildman–Crippen LogP) is 5.01. The Morgan fingerprint density at radius 3 is 2.00 bits per heavy atom. The van der Waals surface area contributed by atoms with Gasteiger partial charge in [0.1, 0.15) is 17.7 Å². The Morgan fingerprint density at radius 2 is 1.48 bits per heavy atom. The molecule has 0 saturated heterocycles. The molecule has 0 aliphatic rings. The third-order valence-corrected chi connectivity index (χ3v) is 6.16. The first-order valence-electron chi connectivity index (χ1n) is 13.3. The molecule has 2 N–H and O–H groups in total. The van der Waals surface area contributed by atoms with Crippen LogP contribution in [0.3, 0.4) is 0 Å². The van der Waals surface area contributed by atoms with E-state index < -0.39 is 29.7 Å². The molecule has 0 heterocycles. The molecule has 0 aliphatic carbocycles. The zero-order valence-electron chi connectivity index (χ0n) is 23.5. The molecular weight excluding hydrogens is 502 g/mol. The molecule has 3 aromatic carbocycles. The lowest BCUT2D eigenvalue weighted by Gasteiger charge is -2.34. The van der Waals surface area contributed by atoms with E-state index in [2.05, 4.69) is 16.6 Å². The molecule has 40 heavy (non-hydrogen) atoms. The number of nitrogens with one attached hydrogen (secondary N) is 2. The molecule has 2 unspecified atom stereocenters. The van der Waals surface area contributed by atoms with Crippen LogP contribution in [0.25, 0.3) is 0 Å². The molecule has 7 heteroatoms. The molecule has 0 aliphatic heterocycles. The smallest absolute Gasteiger partial charge is 0.408 e. The summed E-state index contributed by atoms with van der Waals surface area (Å²) >= 11 is 0. The number of rotatable bonds is 10. The molecule has 3 rings (SSSR count). The van der Waals surface area contributed by atoms with Crippen molar-refractivity contribution in [1.82, 2.24) is 15.5 Å². The number of carbonyl (C=O) groups is 3. The highest BCUT2D eigenvalue weighted by molar-refractivity contribution is 5.92. The molecule has 2 atom stereocenters. The second kappa shape index (κ2) is 14.0. The van der Waals surface area contributed by atoms with Crippen molar-refractivity contribution in [2.75, 3.05) is 6.54 Å². The van der Waals surface area contributed by atoms with Crippen LogP contribution in [0.5, 0.6) is 0 Å². The Balaban J connectivity index is 1.95. The van der Waals surface area contributed by atoms with E-state index in [1.807, 2.05) is 60.7 Å². The molecule has 7 nitrogen and oxygen atoms in total. The van der Waals surface area contributed by atoms with Crippen LogP contribution in [0, 0.1) is 12.3 Å². The molecule has 208 valence electrons. The summed E-state index contributed by atoms with van der Waals surface area (Å²) in [5.41, 5.74) is 2.32. The minimum absolute atomic E-state index is 0.223. The van der Waals surface area contributed by atoms with Gasteiger partial charge in [-0.2, -0.15) is 0 Å². The number of alkyl carbamates (subject to hydrolysis) is 1. The first-order chi connectivity index (χ1) is 19.1. The predicted molar refractivity (Wildman–Crippen MR) is 156 cm³/mol. The molecule has 0 spiro atoms. The summed E-state index contributed by atoms with van der Waals surface area (Å²) in [7, 11) is 0. The first kappa shape index (κ1) is 30.0. The van der Waals surface area contributed by atoms with Crippen molar-refractivity contribution < 1.29 is 19.1 Å². The standard InChI is InChI=1S/C33H37N3O4/c1-6-24-18-20-27(21-19-24)29(30(37)34-23-26-16-12-9-13-17-26)36(7-2)31(38)28(22-25-14-10-8-11-15-25)35-32(39)40-33(3,4)5/h1,8-21,28-29H,7,22-23H2,2-5H3,(H,34,37)(H,35,39). The van der Waals surface area contributed by atoms with Crippen LogP contribution in [0.4, 0.5) is 4.79 Å². The van der Waals surface area contributed by atoms with E-state index in [0.717, 1.165) is 11.1 Å².